The number of ether oxygens (including phenoxy) is 1. The third kappa shape index (κ3) is 3.69. The summed E-state index contributed by atoms with van der Waals surface area (Å²) in [5.74, 6) is 2.01. The van der Waals surface area contributed by atoms with E-state index in [0.29, 0.717) is 17.3 Å². The van der Waals surface area contributed by atoms with Crippen molar-refractivity contribution in [2.45, 2.75) is 13.8 Å². The van der Waals surface area contributed by atoms with E-state index in [9.17, 15) is 0 Å². The molecule has 3 rings (SSSR count). The molecule has 2 aromatic carbocycles. The quantitative estimate of drug-likeness (QED) is 0.692. The Morgan fingerprint density at radius 2 is 1.92 bits per heavy atom. The molecule has 1 heterocycles. The molecule has 0 bridgehead atoms. The van der Waals surface area contributed by atoms with Crippen molar-refractivity contribution in [2.75, 3.05) is 29.6 Å². The van der Waals surface area contributed by atoms with Crippen LogP contribution >= 0.6 is 0 Å². The predicted molar refractivity (Wildman–Crippen MR) is 107 cm³/mol. The molecule has 0 atom stereocenters. The van der Waals surface area contributed by atoms with Crippen LogP contribution in [0.4, 0.5) is 28.7 Å². The molecule has 0 aliphatic rings. The van der Waals surface area contributed by atoms with E-state index < -0.39 is 0 Å². The number of hydrogen-bond donors (Lipinski definition) is 2. The number of methoxy groups -OCH3 is 1. The van der Waals surface area contributed by atoms with E-state index >= 15 is 0 Å². The third-order valence-electron chi connectivity index (χ3n) is 4.08. The first-order chi connectivity index (χ1) is 12.6. The van der Waals surface area contributed by atoms with E-state index in [1.807, 2.05) is 36.4 Å². The SMILES string of the molecule is CCN(c1cccc(C)c1)c1ncnc(Nc2cccc(OC)c2)c1N. The smallest absolute Gasteiger partial charge is 0.161 e. The summed E-state index contributed by atoms with van der Waals surface area (Å²) in [5.41, 5.74) is 9.97. The molecule has 0 amide bonds. The van der Waals surface area contributed by atoms with Gasteiger partial charge >= 0.3 is 0 Å². The number of nitrogens with one attached hydrogen (secondary N) is 1. The van der Waals surface area contributed by atoms with Gasteiger partial charge < -0.3 is 20.7 Å². The number of aryl methyl sites for hydroxylation is 1. The second kappa shape index (κ2) is 7.74. The van der Waals surface area contributed by atoms with Crippen molar-refractivity contribution in [1.29, 1.82) is 0 Å². The highest BCUT2D eigenvalue weighted by atomic mass is 16.5. The number of nitrogens with zero attached hydrogens (tertiary/aromatic N) is 3. The minimum absolute atomic E-state index is 0.499. The van der Waals surface area contributed by atoms with E-state index in [4.69, 9.17) is 10.5 Å². The third-order valence-corrected chi connectivity index (χ3v) is 4.08. The van der Waals surface area contributed by atoms with E-state index in [1.165, 1.54) is 11.9 Å². The Hall–Kier alpha value is -3.28. The number of rotatable bonds is 6. The average Bonchev–Trinajstić information content (AvgIpc) is 2.65. The Kier molecular flexibility index (Phi) is 5.22. The fourth-order valence-electron chi connectivity index (χ4n) is 2.79. The van der Waals surface area contributed by atoms with Crippen LogP contribution in [0.2, 0.25) is 0 Å². The minimum Gasteiger partial charge on any atom is -0.497 e. The fourth-order valence-corrected chi connectivity index (χ4v) is 2.79. The van der Waals surface area contributed by atoms with Gasteiger partial charge in [-0.2, -0.15) is 0 Å². The summed E-state index contributed by atoms with van der Waals surface area (Å²) in [6.07, 6.45) is 1.52. The number of aromatic nitrogens is 2. The first kappa shape index (κ1) is 17.5. The molecule has 6 heteroatoms. The molecule has 0 aliphatic heterocycles. The van der Waals surface area contributed by atoms with Gasteiger partial charge in [0.1, 0.15) is 17.8 Å². The molecule has 6 nitrogen and oxygen atoms in total. The lowest BCUT2D eigenvalue weighted by atomic mass is 10.2. The first-order valence-electron chi connectivity index (χ1n) is 8.48. The van der Waals surface area contributed by atoms with Gasteiger partial charge in [0.15, 0.2) is 11.6 Å². The Labute approximate surface area is 153 Å². The lowest BCUT2D eigenvalue weighted by Gasteiger charge is -2.24. The van der Waals surface area contributed by atoms with Crippen LogP contribution in [0.25, 0.3) is 0 Å². The first-order valence-corrected chi connectivity index (χ1v) is 8.48. The Morgan fingerprint density at radius 3 is 2.65 bits per heavy atom. The highest BCUT2D eigenvalue weighted by molar-refractivity contribution is 5.81. The van der Waals surface area contributed by atoms with Crippen molar-refractivity contribution < 1.29 is 4.74 Å². The molecular formula is C20H23N5O. The monoisotopic (exact) mass is 349 g/mol. The number of hydrogen-bond acceptors (Lipinski definition) is 6. The average molecular weight is 349 g/mol. The van der Waals surface area contributed by atoms with Crippen molar-refractivity contribution >= 4 is 28.7 Å². The number of benzene rings is 2. The highest BCUT2D eigenvalue weighted by Crippen LogP contribution is 2.33. The summed E-state index contributed by atoms with van der Waals surface area (Å²) < 4.78 is 5.26. The molecule has 0 fully saturated rings. The Bertz CT molecular complexity index is 897. The zero-order chi connectivity index (χ0) is 18.5. The van der Waals surface area contributed by atoms with Crippen LogP contribution < -0.4 is 20.7 Å². The van der Waals surface area contributed by atoms with Crippen LogP contribution in [-0.2, 0) is 0 Å². The van der Waals surface area contributed by atoms with Crippen molar-refractivity contribution in [3.8, 4) is 5.75 Å². The lowest BCUT2D eigenvalue weighted by molar-refractivity contribution is 0.415. The summed E-state index contributed by atoms with van der Waals surface area (Å²) in [7, 11) is 1.64. The molecule has 3 N–H and O–H groups in total. The molecule has 0 saturated carbocycles. The van der Waals surface area contributed by atoms with Crippen molar-refractivity contribution in [3.05, 3.63) is 60.4 Å². The van der Waals surface area contributed by atoms with Crippen LogP contribution in [0, 0.1) is 6.92 Å². The standard InChI is InChI=1S/C20H23N5O/c1-4-25(16-9-5-7-14(2)11-16)20-18(21)19(22-13-23-20)24-15-8-6-10-17(12-15)26-3/h5-13H,4,21H2,1-3H3,(H,22,23,24). The lowest BCUT2D eigenvalue weighted by Crippen LogP contribution is -2.20. The number of nitrogens with two attached hydrogens (primary N) is 1. The maximum absolute atomic E-state index is 6.39. The van der Waals surface area contributed by atoms with Crippen LogP contribution in [0.3, 0.4) is 0 Å². The zero-order valence-corrected chi connectivity index (χ0v) is 15.2. The minimum atomic E-state index is 0.499. The number of anilines is 5. The van der Waals surface area contributed by atoms with Crippen LogP contribution in [0.1, 0.15) is 12.5 Å². The van der Waals surface area contributed by atoms with Gasteiger partial charge in [-0.3, -0.25) is 0 Å². The normalized spacial score (nSPS) is 10.4. The molecule has 0 radical (unpaired) electrons. The van der Waals surface area contributed by atoms with Gasteiger partial charge in [0, 0.05) is 24.0 Å². The van der Waals surface area contributed by atoms with Crippen molar-refractivity contribution in [3.63, 3.8) is 0 Å². The van der Waals surface area contributed by atoms with Gasteiger partial charge in [0.25, 0.3) is 0 Å². The Morgan fingerprint density at radius 1 is 1.12 bits per heavy atom. The van der Waals surface area contributed by atoms with Crippen molar-refractivity contribution in [1.82, 2.24) is 9.97 Å². The second-order valence-corrected chi connectivity index (χ2v) is 5.90. The summed E-state index contributed by atoms with van der Waals surface area (Å²) in [6.45, 7) is 4.87. The van der Waals surface area contributed by atoms with E-state index in [1.54, 1.807) is 7.11 Å². The van der Waals surface area contributed by atoms with Gasteiger partial charge in [0.2, 0.25) is 0 Å². The second-order valence-electron chi connectivity index (χ2n) is 5.90. The predicted octanol–water partition coefficient (Wildman–Crippen LogP) is 4.28. The van der Waals surface area contributed by atoms with Gasteiger partial charge in [-0.1, -0.05) is 18.2 Å². The van der Waals surface area contributed by atoms with Crippen LogP contribution in [0.5, 0.6) is 5.75 Å². The molecule has 1 aromatic heterocycles. The summed E-state index contributed by atoms with van der Waals surface area (Å²) >= 11 is 0. The van der Waals surface area contributed by atoms with Crippen molar-refractivity contribution in [2.24, 2.45) is 0 Å². The van der Waals surface area contributed by atoms with Crippen LogP contribution in [-0.4, -0.2) is 23.6 Å². The van der Waals surface area contributed by atoms with E-state index in [2.05, 4.69) is 46.2 Å². The molecule has 0 unspecified atom stereocenters. The highest BCUT2D eigenvalue weighted by Gasteiger charge is 2.16. The molecule has 134 valence electrons. The molecule has 0 spiro atoms. The molecular weight excluding hydrogens is 326 g/mol. The van der Waals surface area contributed by atoms with Gasteiger partial charge in [-0.25, -0.2) is 9.97 Å². The topological polar surface area (TPSA) is 76.3 Å². The molecule has 26 heavy (non-hydrogen) atoms. The van der Waals surface area contributed by atoms with Gasteiger partial charge in [-0.05, 0) is 43.7 Å². The van der Waals surface area contributed by atoms with Gasteiger partial charge in [-0.15, -0.1) is 0 Å². The summed E-state index contributed by atoms with van der Waals surface area (Å²) in [6, 6.07) is 15.9. The Balaban J connectivity index is 1.95. The number of nitrogen functional groups attached to an aromatic ring is 1. The largest absolute Gasteiger partial charge is 0.497 e. The maximum atomic E-state index is 6.39. The summed E-state index contributed by atoms with van der Waals surface area (Å²) in [4.78, 5) is 10.8. The maximum Gasteiger partial charge on any atom is 0.161 e. The molecule has 0 aliphatic carbocycles. The molecule has 0 saturated heterocycles. The van der Waals surface area contributed by atoms with Gasteiger partial charge in [0.05, 0.1) is 7.11 Å². The van der Waals surface area contributed by atoms with Crippen LogP contribution in [0.15, 0.2) is 54.9 Å². The van der Waals surface area contributed by atoms with E-state index in [0.717, 1.165) is 23.7 Å². The summed E-state index contributed by atoms with van der Waals surface area (Å²) in [5, 5.41) is 3.25. The fraction of sp³-hybridized carbons (Fsp3) is 0.200. The zero-order valence-electron chi connectivity index (χ0n) is 15.2. The van der Waals surface area contributed by atoms with E-state index in [-0.39, 0.29) is 0 Å². The molecule has 3 aromatic rings.